The average molecular weight is 234 g/mol. The van der Waals surface area contributed by atoms with Gasteiger partial charge in [-0.3, -0.25) is 4.18 Å². The van der Waals surface area contributed by atoms with Gasteiger partial charge < -0.3 is 9.87 Å². The molecule has 5 heteroatoms. The fraction of sp³-hybridized carbons (Fsp3) is 1.00. The van der Waals surface area contributed by atoms with Gasteiger partial charge in [-0.15, -0.1) is 0 Å². The molecular formula is C10H20NO3S-. The molecule has 1 saturated carbocycles. The summed E-state index contributed by atoms with van der Waals surface area (Å²) in [6.07, 6.45) is 7.00. The Morgan fingerprint density at radius 1 is 1.47 bits per heavy atom. The van der Waals surface area contributed by atoms with Gasteiger partial charge in [0.05, 0.1) is 17.5 Å². The van der Waals surface area contributed by atoms with Gasteiger partial charge in [-0.2, -0.15) is 0 Å². The highest BCUT2D eigenvalue weighted by Gasteiger charge is 2.12. The molecule has 15 heavy (non-hydrogen) atoms. The first-order valence-corrected chi connectivity index (χ1v) is 6.68. The lowest BCUT2D eigenvalue weighted by Crippen LogP contribution is -2.33. The second-order valence-electron chi connectivity index (χ2n) is 4.19. The molecule has 0 amide bonds. The third-order valence-electron chi connectivity index (χ3n) is 2.83. The minimum atomic E-state index is -2.38. The molecule has 90 valence electrons. The second kappa shape index (κ2) is 7.33. The molecule has 0 aromatic heterocycles. The molecule has 1 rings (SSSR count). The molecule has 1 N–H and O–H groups in total. The lowest BCUT2D eigenvalue weighted by Gasteiger charge is -2.23. The predicted octanol–water partition coefficient (Wildman–Crippen LogP) is 1.50. The SMILES string of the molecule is CC(CCNC1CCCCC1)OS(=O)[O-]. The zero-order valence-corrected chi connectivity index (χ0v) is 10.1. The Morgan fingerprint density at radius 2 is 2.13 bits per heavy atom. The first kappa shape index (κ1) is 13.1. The fourth-order valence-electron chi connectivity index (χ4n) is 1.98. The highest BCUT2D eigenvalue weighted by atomic mass is 32.2. The molecule has 0 spiro atoms. The average Bonchev–Trinajstić information content (AvgIpc) is 2.18. The molecule has 2 atom stereocenters. The summed E-state index contributed by atoms with van der Waals surface area (Å²) in [5, 5.41) is 3.44. The molecule has 0 aromatic carbocycles. The van der Waals surface area contributed by atoms with E-state index >= 15 is 0 Å². The van der Waals surface area contributed by atoms with Gasteiger partial charge in [-0.1, -0.05) is 19.3 Å². The highest BCUT2D eigenvalue weighted by Crippen LogP contribution is 2.17. The van der Waals surface area contributed by atoms with Gasteiger partial charge >= 0.3 is 0 Å². The zero-order valence-electron chi connectivity index (χ0n) is 9.24. The van der Waals surface area contributed by atoms with Crippen LogP contribution in [0, 0.1) is 0 Å². The summed E-state index contributed by atoms with van der Waals surface area (Å²) in [5.41, 5.74) is 0. The minimum Gasteiger partial charge on any atom is -0.750 e. The van der Waals surface area contributed by atoms with Crippen LogP contribution in [0.2, 0.25) is 0 Å². The Morgan fingerprint density at radius 3 is 2.73 bits per heavy atom. The van der Waals surface area contributed by atoms with E-state index in [0.717, 1.165) is 13.0 Å². The summed E-state index contributed by atoms with van der Waals surface area (Å²) in [5.74, 6) is 0. The van der Waals surface area contributed by atoms with Crippen molar-refractivity contribution in [2.24, 2.45) is 0 Å². The van der Waals surface area contributed by atoms with E-state index in [0.29, 0.717) is 6.04 Å². The van der Waals surface area contributed by atoms with Gasteiger partial charge in [0.1, 0.15) is 0 Å². The number of rotatable bonds is 6. The van der Waals surface area contributed by atoms with Crippen molar-refractivity contribution in [1.82, 2.24) is 5.32 Å². The van der Waals surface area contributed by atoms with Gasteiger partial charge in [0.15, 0.2) is 0 Å². The largest absolute Gasteiger partial charge is 0.750 e. The van der Waals surface area contributed by atoms with Crippen LogP contribution in [0.1, 0.15) is 45.4 Å². The first-order valence-electron chi connectivity index (χ1n) is 5.68. The predicted molar refractivity (Wildman–Crippen MR) is 59.0 cm³/mol. The lowest BCUT2D eigenvalue weighted by molar-refractivity contribution is 0.205. The Bertz CT molecular complexity index is 195. The van der Waals surface area contributed by atoms with Crippen LogP contribution in [0.25, 0.3) is 0 Å². The summed E-state index contributed by atoms with van der Waals surface area (Å²) in [6, 6.07) is 0.628. The van der Waals surface area contributed by atoms with Crippen LogP contribution in [0.5, 0.6) is 0 Å². The molecule has 0 aromatic rings. The van der Waals surface area contributed by atoms with Gasteiger partial charge in [0, 0.05) is 6.04 Å². The maximum atomic E-state index is 10.2. The van der Waals surface area contributed by atoms with Crippen molar-refractivity contribution in [3.05, 3.63) is 0 Å². The molecule has 2 unspecified atom stereocenters. The molecule has 0 bridgehead atoms. The molecule has 0 heterocycles. The standard InChI is InChI=1S/C10H21NO3S/c1-9(14-15(12)13)7-8-11-10-5-3-2-4-6-10/h9-11H,2-8H2,1H3,(H,12,13)/p-1. The Hall–Kier alpha value is 0.0300. The van der Waals surface area contributed by atoms with Gasteiger partial charge in [0.2, 0.25) is 0 Å². The third kappa shape index (κ3) is 6.25. The zero-order chi connectivity index (χ0) is 11.1. The number of hydrogen-bond donors (Lipinski definition) is 1. The molecule has 0 aliphatic heterocycles. The van der Waals surface area contributed by atoms with E-state index in [1.54, 1.807) is 6.92 Å². The van der Waals surface area contributed by atoms with E-state index in [9.17, 15) is 8.76 Å². The third-order valence-corrected chi connectivity index (χ3v) is 3.32. The Labute approximate surface area is 94.3 Å². The van der Waals surface area contributed by atoms with Crippen LogP contribution in [0.15, 0.2) is 0 Å². The van der Waals surface area contributed by atoms with Crippen molar-refractivity contribution in [3.8, 4) is 0 Å². The maximum Gasteiger partial charge on any atom is 0.0844 e. The van der Waals surface area contributed by atoms with E-state index < -0.39 is 11.4 Å². The molecule has 4 nitrogen and oxygen atoms in total. The van der Waals surface area contributed by atoms with Crippen molar-refractivity contribution >= 4 is 11.4 Å². The van der Waals surface area contributed by atoms with E-state index in [1.165, 1.54) is 32.1 Å². The molecule has 0 saturated heterocycles. The molecule has 1 fully saturated rings. The Balaban J connectivity index is 2.02. The van der Waals surface area contributed by atoms with Crippen molar-refractivity contribution in [2.45, 2.75) is 57.6 Å². The van der Waals surface area contributed by atoms with Crippen LogP contribution in [-0.2, 0) is 15.5 Å². The number of hydrogen-bond acceptors (Lipinski definition) is 4. The smallest absolute Gasteiger partial charge is 0.0844 e. The number of nitrogens with one attached hydrogen (secondary N) is 1. The quantitative estimate of drug-likeness (QED) is 0.707. The van der Waals surface area contributed by atoms with E-state index in [-0.39, 0.29) is 6.10 Å². The van der Waals surface area contributed by atoms with E-state index in [4.69, 9.17) is 0 Å². The maximum absolute atomic E-state index is 10.2. The van der Waals surface area contributed by atoms with Gasteiger partial charge in [-0.05, 0) is 32.7 Å². The van der Waals surface area contributed by atoms with Gasteiger partial charge in [0.25, 0.3) is 0 Å². The van der Waals surface area contributed by atoms with Crippen LogP contribution in [-0.4, -0.2) is 27.5 Å². The first-order chi connectivity index (χ1) is 7.18. The van der Waals surface area contributed by atoms with Gasteiger partial charge in [-0.25, -0.2) is 4.21 Å². The minimum absolute atomic E-state index is 0.223. The monoisotopic (exact) mass is 234 g/mol. The van der Waals surface area contributed by atoms with Crippen molar-refractivity contribution < 1.29 is 12.9 Å². The fourth-order valence-corrected chi connectivity index (χ4v) is 2.34. The molecule has 1 aliphatic rings. The van der Waals surface area contributed by atoms with Crippen molar-refractivity contribution in [3.63, 3.8) is 0 Å². The van der Waals surface area contributed by atoms with E-state index in [1.807, 2.05) is 0 Å². The van der Waals surface area contributed by atoms with Crippen LogP contribution < -0.4 is 5.32 Å². The topological polar surface area (TPSA) is 61.4 Å². The van der Waals surface area contributed by atoms with Crippen molar-refractivity contribution in [1.29, 1.82) is 0 Å². The summed E-state index contributed by atoms with van der Waals surface area (Å²) in [7, 11) is 0. The molecule has 1 aliphatic carbocycles. The lowest BCUT2D eigenvalue weighted by atomic mass is 9.95. The molecule has 0 radical (unpaired) electrons. The van der Waals surface area contributed by atoms with Crippen LogP contribution in [0.3, 0.4) is 0 Å². The summed E-state index contributed by atoms with van der Waals surface area (Å²) in [6.45, 7) is 2.61. The summed E-state index contributed by atoms with van der Waals surface area (Å²) < 4.78 is 25.1. The van der Waals surface area contributed by atoms with Crippen molar-refractivity contribution in [2.75, 3.05) is 6.54 Å². The summed E-state index contributed by atoms with van der Waals surface area (Å²) >= 11 is -2.38. The van der Waals surface area contributed by atoms with E-state index in [2.05, 4.69) is 9.50 Å². The second-order valence-corrected chi connectivity index (χ2v) is 4.79. The van der Waals surface area contributed by atoms with Crippen LogP contribution in [0.4, 0.5) is 0 Å². The molecular weight excluding hydrogens is 214 g/mol. The summed E-state index contributed by atoms with van der Waals surface area (Å²) in [4.78, 5) is 0. The van der Waals surface area contributed by atoms with Crippen LogP contribution >= 0.6 is 0 Å². The Kier molecular flexibility index (Phi) is 6.40. The normalized spacial score (nSPS) is 22.5. The highest BCUT2D eigenvalue weighted by molar-refractivity contribution is 7.74.